The highest BCUT2D eigenvalue weighted by Crippen LogP contribution is 2.45. The smallest absolute Gasteiger partial charge is 0.339 e. The van der Waals surface area contributed by atoms with Gasteiger partial charge in [0, 0.05) is 49.7 Å². The van der Waals surface area contributed by atoms with E-state index in [9.17, 15) is 9.59 Å². The molecule has 1 aromatic carbocycles. The van der Waals surface area contributed by atoms with Crippen molar-refractivity contribution >= 4 is 23.4 Å². The average Bonchev–Trinajstić information content (AvgIpc) is 3.27. The molecular formula is C21H19N3O4. The minimum absolute atomic E-state index is 0.0666. The van der Waals surface area contributed by atoms with Crippen molar-refractivity contribution in [3.63, 3.8) is 0 Å². The minimum atomic E-state index is -0.681. The van der Waals surface area contributed by atoms with Crippen molar-refractivity contribution in [1.82, 2.24) is 9.88 Å². The zero-order valence-electron chi connectivity index (χ0n) is 15.5. The van der Waals surface area contributed by atoms with Crippen molar-refractivity contribution in [2.45, 2.75) is 24.9 Å². The van der Waals surface area contributed by atoms with Gasteiger partial charge in [0.2, 0.25) is 0 Å². The molecule has 5 rings (SSSR count). The van der Waals surface area contributed by atoms with E-state index >= 15 is 0 Å². The van der Waals surface area contributed by atoms with Crippen molar-refractivity contribution in [1.29, 1.82) is 0 Å². The number of aromatic nitrogens is 1. The van der Waals surface area contributed by atoms with Gasteiger partial charge in [-0.05, 0) is 24.3 Å². The third-order valence-corrected chi connectivity index (χ3v) is 5.80. The standard InChI is InChI=1S/C21H19N3O4/c1-27-14-4-5-15-16(12-14)21(28-20(15)26)6-9-24(10-7-21)19(25)17-11-13-3-2-8-22-18(13)23-17/h2-5,8,12H,6-7,9-11H2,1H3. The third-order valence-electron chi connectivity index (χ3n) is 5.80. The van der Waals surface area contributed by atoms with Crippen LogP contribution in [0.2, 0.25) is 0 Å². The van der Waals surface area contributed by atoms with Crippen molar-refractivity contribution in [2.24, 2.45) is 4.99 Å². The lowest BCUT2D eigenvalue weighted by molar-refractivity contribution is -0.128. The number of hydrogen-bond acceptors (Lipinski definition) is 6. The number of ether oxygens (including phenoxy) is 2. The average molecular weight is 377 g/mol. The van der Waals surface area contributed by atoms with E-state index in [0.717, 1.165) is 11.1 Å². The van der Waals surface area contributed by atoms with Gasteiger partial charge in [-0.25, -0.2) is 14.8 Å². The van der Waals surface area contributed by atoms with Crippen LogP contribution in [0.5, 0.6) is 5.75 Å². The lowest BCUT2D eigenvalue weighted by Crippen LogP contribution is -2.47. The Balaban J connectivity index is 1.34. The second-order valence-electron chi connectivity index (χ2n) is 7.31. The first-order valence-electron chi connectivity index (χ1n) is 9.32. The number of carbonyl (C=O) groups is 2. The van der Waals surface area contributed by atoms with E-state index in [1.165, 1.54) is 0 Å². The first-order valence-corrected chi connectivity index (χ1v) is 9.32. The second kappa shape index (κ2) is 6.15. The molecule has 1 aromatic heterocycles. The fourth-order valence-electron chi connectivity index (χ4n) is 4.26. The second-order valence-corrected chi connectivity index (χ2v) is 7.31. The highest BCUT2D eigenvalue weighted by molar-refractivity contribution is 6.40. The molecule has 142 valence electrons. The number of amides is 1. The van der Waals surface area contributed by atoms with E-state index in [1.54, 1.807) is 30.3 Å². The normalized spacial score (nSPS) is 19.1. The van der Waals surface area contributed by atoms with Gasteiger partial charge in [-0.15, -0.1) is 0 Å². The number of esters is 1. The van der Waals surface area contributed by atoms with Gasteiger partial charge < -0.3 is 14.4 Å². The molecule has 0 atom stereocenters. The molecule has 1 amide bonds. The molecule has 0 aliphatic carbocycles. The highest BCUT2D eigenvalue weighted by atomic mass is 16.6. The van der Waals surface area contributed by atoms with Crippen LogP contribution in [-0.4, -0.2) is 47.7 Å². The summed E-state index contributed by atoms with van der Waals surface area (Å²) >= 11 is 0. The SMILES string of the molecule is COc1ccc2c(c1)C1(CCN(C(=O)C3=Nc4ncccc4C3)CC1)OC2=O. The molecule has 0 N–H and O–H groups in total. The van der Waals surface area contributed by atoms with Crippen molar-refractivity contribution < 1.29 is 19.1 Å². The Labute approximate surface area is 162 Å². The Morgan fingerprint density at radius 3 is 2.82 bits per heavy atom. The molecule has 7 heteroatoms. The van der Waals surface area contributed by atoms with Gasteiger partial charge in [-0.3, -0.25) is 4.79 Å². The Bertz CT molecular complexity index is 1020. The number of hydrogen-bond donors (Lipinski definition) is 0. The summed E-state index contributed by atoms with van der Waals surface area (Å²) in [6.07, 6.45) is 3.31. The van der Waals surface area contributed by atoms with E-state index in [-0.39, 0.29) is 11.9 Å². The lowest BCUT2D eigenvalue weighted by atomic mass is 9.83. The van der Waals surface area contributed by atoms with Gasteiger partial charge in [0.25, 0.3) is 5.91 Å². The third kappa shape index (κ3) is 2.50. The lowest BCUT2D eigenvalue weighted by Gasteiger charge is -2.38. The molecule has 3 aliphatic heterocycles. The first-order chi connectivity index (χ1) is 13.6. The number of nitrogens with zero attached hydrogens (tertiary/aromatic N) is 3. The summed E-state index contributed by atoms with van der Waals surface area (Å²) < 4.78 is 11.1. The van der Waals surface area contributed by atoms with E-state index in [2.05, 4.69) is 9.98 Å². The quantitative estimate of drug-likeness (QED) is 0.751. The number of aliphatic imine (C=N–C) groups is 1. The van der Waals surface area contributed by atoms with E-state index in [4.69, 9.17) is 9.47 Å². The van der Waals surface area contributed by atoms with Gasteiger partial charge in [0.1, 0.15) is 17.1 Å². The van der Waals surface area contributed by atoms with E-state index < -0.39 is 5.60 Å². The van der Waals surface area contributed by atoms with Crippen LogP contribution in [0, 0.1) is 0 Å². The van der Waals surface area contributed by atoms with Crippen LogP contribution in [0.4, 0.5) is 5.82 Å². The highest BCUT2D eigenvalue weighted by Gasteiger charge is 2.48. The number of benzene rings is 1. The fraction of sp³-hybridized carbons (Fsp3) is 0.333. The molecule has 7 nitrogen and oxygen atoms in total. The van der Waals surface area contributed by atoms with Crippen LogP contribution in [0.25, 0.3) is 0 Å². The van der Waals surface area contributed by atoms with Crippen LogP contribution >= 0.6 is 0 Å². The number of methoxy groups -OCH3 is 1. The van der Waals surface area contributed by atoms with Gasteiger partial charge in [-0.1, -0.05) is 6.07 Å². The van der Waals surface area contributed by atoms with E-state index in [1.807, 2.05) is 18.2 Å². The zero-order valence-corrected chi connectivity index (χ0v) is 15.5. The van der Waals surface area contributed by atoms with Gasteiger partial charge >= 0.3 is 5.97 Å². The number of piperidine rings is 1. The van der Waals surface area contributed by atoms with Gasteiger partial charge in [0.15, 0.2) is 5.82 Å². The topological polar surface area (TPSA) is 81.1 Å². The molecule has 0 unspecified atom stereocenters. The summed E-state index contributed by atoms with van der Waals surface area (Å²) in [6, 6.07) is 9.19. The predicted octanol–water partition coefficient (Wildman–Crippen LogP) is 2.41. The molecule has 1 fully saturated rings. The Kier molecular flexibility index (Phi) is 3.72. The van der Waals surface area contributed by atoms with Crippen LogP contribution in [-0.2, 0) is 21.6 Å². The molecule has 1 saturated heterocycles. The fourth-order valence-corrected chi connectivity index (χ4v) is 4.26. The van der Waals surface area contributed by atoms with Crippen molar-refractivity contribution in [3.05, 3.63) is 53.2 Å². The van der Waals surface area contributed by atoms with Crippen LogP contribution in [0.3, 0.4) is 0 Å². The summed E-state index contributed by atoms with van der Waals surface area (Å²) in [7, 11) is 1.60. The Hall–Kier alpha value is -3.22. The maximum atomic E-state index is 12.9. The van der Waals surface area contributed by atoms with Crippen LogP contribution < -0.4 is 4.74 Å². The number of fused-ring (bicyclic) bond motifs is 3. The summed E-state index contributed by atoms with van der Waals surface area (Å²) in [6.45, 7) is 1.01. The van der Waals surface area contributed by atoms with Crippen molar-refractivity contribution in [2.75, 3.05) is 20.2 Å². The number of likely N-dealkylation sites (tertiary alicyclic amines) is 1. The maximum absolute atomic E-state index is 12.9. The number of carbonyl (C=O) groups excluding carboxylic acids is 2. The number of rotatable bonds is 2. The zero-order chi connectivity index (χ0) is 19.3. The molecular weight excluding hydrogens is 358 g/mol. The van der Waals surface area contributed by atoms with Gasteiger partial charge in [0.05, 0.1) is 12.7 Å². The summed E-state index contributed by atoms with van der Waals surface area (Å²) in [4.78, 5) is 35.7. The molecule has 28 heavy (non-hydrogen) atoms. The van der Waals surface area contributed by atoms with Crippen LogP contribution in [0.15, 0.2) is 41.5 Å². The summed E-state index contributed by atoms with van der Waals surface area (Å²) in [5, 5.41) is 0. The molecule has 0 bridgehead atoms. The molecule has 2 aromatic rings. The molecule has 0 radical (unpaired) electrons. The first kappa shape index (κ1) is 16.9. The molecule has 4 heterocycles. The number of pyridine rings is 1. The summed E-state index contributed by atoms with van der Waals surface area (Å²) in [5.74, 6) is 0.952. The summed E-state index contributed by atoms with van der Waals surface area (Å²) in [5.41, 5.74) is 2.26. The molecule has 1 spiro atoms. The Morgan fingerprint density at radius 2 is 2.07 bits per heavy atom. The van der Waals surface area contributed by atoms with Crippen molar-refractivity contribution in [3.8, 4) is 5.75 Å². The largest absolute Gasteiger partial charge is 0.497 e. The molecule has 0 saturated carbocycles. The van der Waals surface area contributed by atoms with E-state index in [0.29, 0.717) is 55.2 Å². The monoisotopic (exact) mass is 377 g/mol. The van der Waals surface area contributed by atoms with Crippen LogP contribution in [0.1, 0.15) is 34.3 Å². The maximum Gasteiger partial charge on any atom is 0.339 e. The van der Waals surface area contributed by atoms with Gasteiger partial charge in [-0.2, -0.15) is 0 Å². The predicted molar refractivity (Wildman–Crippen MR) is 101 cm³/mol. The Morgan fingerprint density at radius 1 is 1.25 bits per heavy atom. The molecule has 3 aliphatic rings. The minimum Gasteiger partial charge on any atom is -0.497 e.